The maximum atomic E-state index is 11.7. The van der Waals surface area contributed by atoms with Crippen molar-refractivity contribution in [1.82, 2.24) is 19.8 Å². The minimum atomic E-state index is -0.489. The van der Waals surface area contributed by atoms with Crippen LogP contribution in [0.15, 0.2) is 36.4 Å². The number of aromatic nitrogens is 4. The Balaban J connectivity index is 2.05. The van der Waals surface area contributed by atoms with E-state index in [4.69, 9.17) is 4.74 Å². The molecule has 3 rings (SSSR count). The highest BCUT2D eigenvalue weighted by molar-refractivity contribution is 5.86. The second kappa shape index (κ2) is 4.56. The SMILES string of the molecule is CCOC(=O)c1nnc2cc(-c3ccccc3)[nH]n12. The molecule has 96 valence electrons. The van der Waals surface area contributed by atoms with Gasteiger partial charge in [0.05, 0.1) is 12.3 Å². The third kappa shape index (κ3) is 1.97. The second-order valence-corrected chi connectivity index (χ2v) is 3.97. The van der Waals surface area contributed by atoms with Gasteiger partial charge in [0, 0.05) is 6.07 Å². The van der Waals surface area contributed by atoms with Crippen molar-refractivity contribution in [3.63, 3.8) is 0 Å². The van der Waals surface area contributed by atoms with Crippen LogP contribution in [0.1, 0.15) is 17.5 Å². The molecule has 3 aromatic rings. The van der Waals surface area contributed by atoms with Gasteiger partial charge in [0.15, 0.2) is 5.65 Å². The van der Waals surface area contributed by atoms with Crippen LogP contribution >= 0.6 is 0 Å². The first-order valence-electron chi connectivity index (χ1n) is 5.96. The molecule has 6 heteroatoms. The molecule has 0 aliphatic rings. The molecule has 0 fully saturated rings. The third-order valence-corrected chi connectivity index (χ3v) is 2.74. The summed E-state index contributed by atoms with van der Waals surface area (Å²) in [7, 11) is 0. The van der Waals surface area contributed by atoms with Gasteiger partial charge in [-0.25, -0.2) is 9.31 Å². The van der Waals surface area contributed by atoms with Crippen molar-refractivity contribution in [2.24, 2.45) is 0 Å². The van der Waals surface area contributed by atoms with Crippen LogP contribution in [-0.2, 0) is 4.74 Å². The number of fused-ring (bicyclic) bond motifs is 1. The van der Waals surface area contributed by atoms with Gasteiger partial charge in [-0.2, -0.15) is 0 Å². The van der Waals surface area contributed by atoms with Crippen molar-refractivity contribution < 1.29 is 9.53 Å². The first-order valence-corrected chi connectivity index (χ1v) is 5.96. The zero-order chi connectivity index (χ0) is 13.2. The molecule has 1 N–H and O–H groups in total. The summed E-state index contributed by atoms with van der Waals surface area (Å²) in [5, 5.41) is 10.9. The van der Waals surface area contributed by atoms with Crippen LogP contribution < -0.4 is 0 Å². The first kappa shape index (κ1) is 11.5. The summed E-state index contributed by atoms with van der Waals surface area (Å²) in [6.45, 7) is 2.06. The van der Waals surface area contributed by atoms with Crippen LogP contribution in [0.25, 0.3) is 16.9 Å². The van der Waals surface area contributed by atoms with Gasteiger partial charge in [0.25, 0.3) is 5.82 Å². The maximum absolute atomic E-state index is 11.7. The van der Waals surface area contributed by atoms with Crippen LogP contribution in [0.3, 0.4) is 0 Å². The van der Waals surface area contributed by atoms with Crippen molar-refractivity contribution in [1.29, 1.82) is 0 Å². The molecule has 0 amide bonds. The number of hydrogen-bond acceptors (Lipinski definition) is 4. The molecule has 0 radical (unpaired) electrons. The van der Waals surface area contributed by atoms with Gasteiger partial charge >= 0.3 is 5.97 Å². The van der Waals surface area contributed by atoms with Crippen molar-refractivity contribution in [2.45, 2.75) is 6.92 Å². The van der Waals surface area contributed by atoms with Crippen LogP contribution in [0.2, 0.25) is 0 Å². The Morgan fingerprint density at radius 1 is 1.32 bits per heavy atom. The molecular formula is C13H12N4O2. The van der Waals surface area contributed by atoms with Gasteiger partial charge in [0.2, 0.25) is 0 Å². The largest absolute Gasteiger partial charge is 0.460 e. The molecule has 2 heterocycles. The van der Waals surface area contributed by atoms with E-state index in [2.05, 4.69) is 15.3 Å². The number of carbonyl (C=O) groups is 1. The van der Waals surface area contributed by atoms with Gasteiger partial charge < -0.3 is 4.74 Å². The fourth-order valence-corrected chi connectivity index (χ4v) is 1.88. The topological polar surface area (TPSA) is 72.3 Å². The number of nitrogens with zero attached hydrogens (tertiary/aromatic N) is 3. The van der Waals surface area contributed by atoms with Crippen LogP contribution in [0.5, 0.6) is 0 Å². The van der Waals surface area contributed by atoms with Gasteiger partial charge in [-0.15, -0.1) is 10.2 Å². The van der Waals surface area contributed by atoms with Crippen LogP contribution in [0, 0.1) is 0 Å². The number of aromatic amines is 1. The van der Waals surface area contributed by atoms with E-state index < -0.39 is 5.97 Å². The summed E-state index contributed by atoms with van der Waals surface area (Å²) >= 11 is 0. The zero-order valence-electron chi connectivity index (χ0n) is 10.3. The van der Waals surface area contributed by atoms with E-state index in [1.165, 1.54) is 4.52 Å². The molecule has 0 saturated carbocycles. The molecule has 6 nitrogen and oxygen atoms in total. The molecule has 0 unspecified atom stereocenters. The molecule has 2 aromatic heterocycles. The molecule has 19 heavy (non-hydrogen) atoms. The number of hydrogen-bond donors (Lipinski definition) is 1. The molecule has 0 aliphatic carbocycles. The molecule has 0 spiro atoms. The fourth-order valence-electron chi connectivity index (χ4n) is 1.88. The van der Waals surface area contributed by atoms with E-state index in [-0.39, 0.29) is 5.82 Å². The Morgan fingerprint density at radius 2 is 2.11 bits per heavy atom. The van der Waals surface area contributed by atoms with Gasteiger partial charge in [0.1, 0.15) is 0 Å². The molecule has 1 aromatic carbocycles. The maximum Gasteiger partial charge on any atom is 0.378 e. The highest BCUT2D eigenvalue weighted by atomic mass is 16.5. The fraction of sp³-hybridized carbons (Fsp3) is 0.154. The lowest BCUT2D eigenvalue weighted by molar-refractivity contribution is 0.0509. The highest BCUT2D eigenvalue weighted by Gasteiger charge is 2.17. The summed E-state index contributed by atoms with van der Waals surface area (Å²) in [5.74, 6) is -0.338. The lowest BCUT2D eigenvalue weighted by Crippen LogP contribution is -2.10. The van der Waals surface area contributed by atoms with Crippen LogP contribution in [-0.4, -0.2) is 32.4 Å². The average Bonchev–Trinajstić information content (AvgIpc) is 2.99. The molecular weight excluding hydrogens is 244 g/mol. The van der Waals surface area contributed by atoms with E-state index in [0.717, 1.165) is 11.3 Å². The lowest BCUT2D eigenvalue weighted by Gasteiger charge is -1.98. The molecule has 0 aliphatic heterocycles. The Kier molecular flexibility index (Phi) is 2.75. The van der Waals surface area contributed by atoms with Crippen molar-refractivity contribution in [3.05, 3.63) is 42.2 Å². The lowest BCUT2D eigenvalue weighted by atomic mass is 10.2. The van der Waals surface area contributed by atoms with Gasteiger partial charge in [-0.1, -0.05) is 30.3 Å². The minimum absolute atomic E-state index is 0.152. The third-order valence-electron chi connectivity index (χ3n) is 2.74. The van der Waals surface area contributed by atoms with E-state index in [0.29, 0.717) is 12.3 Å². The monoisotopic (exact) mass is 256 g/mol. The summed E-state index contributed by atoms with van der Waals surface area (Å²) < 4.78 is 6.46. The van der Waals surface area contributed by atoms with E-state index in [1.54, 1.807) is 6.92 Å². The molecule has 0 bridgehead atoms. The quantitative estimate of drug-likeness (QED) is 0.726. The Labute approximate surface area is 109 Å². The Morgan fingerprint density at radius 3 is 2.84 bits per heavy atom. The summed E-state index contributed by atoms with van der Waals surface area (Å²) in [5.41, 5.74) is 2.47. The number of nitrogens with one attached hydrogen (secondary N) is 1. The normalized spacial score (nSPS) is 10.8. The van der Waals surface area contributed by atoms with Crippen molar-refractivity contribution in [2.75, 3.05) is 6.61 Å². The Hall–Kier alpha value is -2.63. The highest BCUT2D eigenvalue weighted by Crippen LogP contribution is 2.19. The predicted molar refractivity (Wildman–Crippen MR) is 68.7 cm³/mol. The number of carbonyl (C=O) groups excluding carboxylic acids is 1. The van der Waals surface area contributed by atoms with Crippen molar-refractivity contribution in [3.8, 4) is 11.3 Å². The second-order valence-electron chi connectivity index (χ2n) is 3.97. The number of H-pyrrole nitrogens is 1. The zero-order valence-corrected chi connectivity index (χ0v) is 10.3. The molecule has 0 saturated heterocycles. The van der Waals surface area contributed by atoms with E-state index in [9.17, 15) is 4.79 Å². The molecule has 0 atom stereocenters. The van der Waals surface area contributed by atoms with E-state index >= 15 is 0 Å². The van der Waals surface area contributed by atoms with Gasteiger partial charge in [-0.05, 0) is 12.5 Å². The average molecular weight is 256 g/mol. The van der Waals surface area contributed by atoms with Crippen molar-refractivity contribution >= 4 is 11.6 Å². The van der Waals surface area contributed by atoms with Crippen LogP contribution in [0.4, 0.5) is 0 Å². The van der Waals surface area contributed by atoms with E-state index in [1.807, 2.05) is 36.4 Å². The summed E-state index contributed by atoms with van der Waals surface area (Å²) in [4.78, 5) is 11.7. The Bertz CT molecular complexity index is 715. The predicted octanol–water partition coefficient (Wildman–Crippen LogP) is 1.90. The minimum Gasteiger partial charge on any atom is -0.460 e. The first-order chi connectivity index (χ1) is 9.29. The van der Waals surface area contributed by atoms with Gasteiger partial charge in [-0.3, -0.25) is 5.10 Å². The standard InChI is InChI=1S/C13H12N4O2/c1-2-19-13(18)12-15-14-11-8-10(16-17(11)12)9-6-4-3-5-7-9/h3-8,16H,2H2,1H3. The smallest absolute Gasteiger partial charge is 0.378 e. The number of esters is 1. The summed E-state index contributed by atoms with van der Waals surface area (Å²) in [6, 6.07) is 11.6. The number of benzene rings is 1. The number of rotatable bonds is 3. The summed E-state index contributed by atoms with van der Waals surface area (Å²) in [6.07, 6.45) is 0. The number of ether oxygens (including phenoxy) is 1.